The van der Waals surface area contributed by atoms with E-state index >= 15 is 0 Å². The van der Waals surface area contributed by atoms with Crippen molar-refractivity contribution in [3.8, 4) is 5.75 Å². The van der Waals surface area contributed by atoms with Crippen molar-refractivity contribution in [2.45, 2.75) is 12.6 Å². The molecule has 7 nitrogen and oxygen atoms in total. The molecule has 2 rings (SSSR count). The lowest BCUT2D eigenvalue weighted by atomic mass is 9.99. The Morgan fingerprint density at radius 3 is 2.42 bits per heavy atom. The first-order chi connectivity index (χ1) is 11.2. The Labute approximate surface area is 134 Å². The van der Waals surface area contributed by atoms with E-state index in [0.717, 1.165) is 25.1 Å². The highest BCUT2D eigenvalue weighted by Crippen LogP contribution is 2.31. The fourth-order valence-corrected chi connectivity index (χ4v) is 2.01. The lowest BCUT2D eigenvalue weighted by molar-refractivity contribution is -0.646. The maximum atomic E-state index is 10.7. The molecule has 0 saturated carbocycles. The molecule has 10 heteroatoms. The van der Waals surface area contributed by atoms with Crippen LogP contribution in [0.5, 0.6) is 5.75 Å². The molecule has 1 aromatic rings. The Kier molecular flexibility index (Phi) is 6.71. The molecule has 1 heterocycles. The van der Waals surface area contributed by atoms with Crippen LogP contribution in [-0.4, -0.2) is 37.3 Å². The molecule has 0 aliphatic carbocycles. The summed E-state index contributed by atoms with van der Waals surface area (Å²) in [5, 5.41) is 21.7. The van der Waals surface area contributed by atoms with Gasteiger partial charge < -0.3 is 20.0 Å². The van der Waals surface area contributed by atoms with E-state index in [4.69, 9.17) is 14.6 Å². The van der Waals surface area contributed by atoms with Gasteiger partial charge in [-0.25, -0.2) is 0 Å². The first kappa shape index (κ1) is 19.4. The highest BCUT2D eigenvalue weighted by atomic mass is 19.4. The van der Waals surface area contributed by atoms with E-state index in [-0.39, 0.29) is 5.69 Å². The lowest BCUT2D eigenvalue weighted by Gasteiger charge is -2.14. The van der Waals surface area contributed by atoms with Gasteiger partial charge in [-0.15, -0.1) is 0 Å². The smallest absolute Gasteiger partial charge is 0.430 e. The summed E-state index contributed by atoms with van der Waals surface area (Å²) in [5.74, 6) is -2.43. The van der Waals surface area contributed by atoms with Crippen LogP contribution in [0, 0.1) is 10.1 Å². The van der Waals surface area contributed by atoms with Crippen molar-refractivity contribution in [2.24, 2.45) is 0 Å². The van der Waals surface area contributed by atoms with Gasteiger partial charge in [0, 0.05) is 18.1 Å². The summed E-state index contributed by atoms with van der Waals surface area (Å²) in [6.07, 6.45) is -2.08. The molecule has 132 valence electrons. The minimum absolute atomic E-state index is 0.0635. The Balaban J connectivity index is 0.000000351. The summed E-state index contributed by atoms with van der Waals surface area (Å²) in [7, 11) is 1.54. The molecule has 0 radical (unpaired) electrons. The number of ether oxygens (including phenoxy) is 1. The molecule has 0 fully saturated rings. The number of nitro benzene ring substituents is 1. The monoisotopic (exact) mass is 348 g/mol. The average Bonchev–Trinajstić information content (AvgIpc) is 2.54. The molecular weight excluding hydrogens is 333 g/mol. The van der Waals surface area contributed by atoms with Crippen LogP contribution in [0.4, 0.5) is 18.9 Å². The standard InChI is InChI=1S/C12H14N2O3.C2HF3O2/c1-17-12-8-10(14(15)16)2-3-11(12)9-4-6-13-7-5-9;3-2(4,5)1(6)7/h2-4,8,13H,5-7H2,1H3;(H,6,7). The molecule has 0 aromatic heterocycles. The van der Waals surface area contributed by atoms with E-state index in [1.807, 2.05) is 0 Å². The first-order valence-corrected chi connectivity index (χ1v) is 6.78. The zero-order chi connectivity index (χ0) is 18.3. The summed E-state index contributed by atoms with van der Waals surface area (Å²) in [6.45, 7) is 2.00. The minimum Gasteiger partial charge on any atom is -0.542 e. The predicted octanol–water partition coefficient (Wildman–Crippen LogP) is 0.252. The highest BCUT2D eigenvalue weighted by molar-refractivity contribution is 5.72. The van der Waals surface area contributed by atoms with Crippen LogP contribution in [0.2, 0.25) is 0 Å². The average molecular weight is 348 g/mol. The number of hydrogen-bond donors (Lipinski definition) is 1. The van der Waals surface area contributed by atoms with Crippen LogP contribution in [0.25, 0.3) is 5.57 Å². The molecule has 0 amide bonds. The van der Waals surface area contributed by atoms with Crippen molar-refractivity contribution in [1.29, 1.82) is 0 Å². The number of carboxylic acid groups (broad SMARTS) is 1. The van der Waals surface area contributed by atoms with E-state index in [1.165, 1.54) is 24.8 Å². The third kappa shape index (κ3) is 5.54. The number of rotatable bonds is 3. The molecular formula is C14H15F3N2O5. The van der Waals surface area contributed by atoms with Gasteiger partial charge in [-0.05, 0) is 17.7 Å². The summed E-state index contributed by atoms with van der Waals surface area (Å²) in [4.78, 5) is 19.1. The number of aliphatic carboxylic acids is 1. The van der Waals surface area contributed by atoms with Crippen molar-refractivity contribution in [3.05, 3.63) is 40.0 Å². The Bertz CT molecular complexity index is 644. The van der Waals surface area contributed by atoms with Crippen LogP contribution in [0.1, 0.15) is 12.0 Å². The minimum atomic E-state index is -5.19. The SMILES string of the molecule is COc1cc([N+](=O)[O-])ccc1C1=CC[NH2+]CC1.O=C([O-])C(F)(F)F. The Morgan fingerprint density at radius 2 is 2.00 bits per heavy atom. The molecule has 24 heavy (non-hydrogen) atoms. The number of quaternary nitrogens is 1. The topological polar surface area (TPSA) is 109 Å². The molecule has 2 N–H and O–H groups in total. The summed E-state index contributed by atoms with van der Waals surface area (Å²) in [6, 6.07) is 4.78. The van der Waals surface area contributed by atoms with E-state index in [1.54, 1.807) is 6.07 Å². The second kappa shape index (κ2) is 8.29. The number of nitro groups is 1. The molecule has 0 saturated heterocycles. The first-order valence-electron chi connectivity index (χ1n) is 6.78. The number of carboxylic acids is 1. The molecule has 1 aliphatic rings. The van der Waals surface area contributed by atoms with Gasteiger partial charge >= 0.3 is 6.18 Å². The molecule has 0 unspecified atom stereocenters. The fraction of sp³-hybridized carbons (Fsp3) is 0.357. The van der Waals surface area contributed by atoms with E-state index < -0.39 is 17.1 Å². The molecule has 0 atom stereocenters. The number of halogens is 3. The Hall–Kier alpha value is -2.62. The number of carbonyl (C=O) groups is 1. The van der Waals surface area contributed by atoms with Gasteiger partial charge in [0.15, 0.2) is 0 Å². The fourth-order valence-electron chi connectivity index (χ4n) is 2.01. The zero-order valence-corrected chi connectivity index (χ0v) is 12.6. The number of non-ortho nitro benzene ring substituents is 1. The number of alkyl halides is 3. The number of hydrogen-bond acceptors (Lipinski definition) is 5. The van der Waals surface area contributed by atoms with Crippen LogP contribution in [0.3, 0.4) is 0 Å². The summed E-state index contributed by atoms with van der Waals surface area (Å²) < 4.78 is 36.8. The largest absolute Gasteiger partial charge is 0.542 e. The second-order valence-corrected chi connectivity index (χ2v) is 4.72. The van der Waals surface area contributed by atoms with Gasteiger partial charge in [0.1, 0.15) is 11.7 Å². The van der Waals surface area contributed by atoms with Crippen LogP contribution in [-0.2, 0) is 4.79 Å². The van der Waals surface area contributed by atoms with Crippen molar-refractivity contribution in [3.63, 3.8) is 0 Å². The van der Waals surface area contributed by atoms with Gasteiger partial charge in [0.05, 0.1) is 31.2 Å². The predicted molar refractivity (Wildman–Crippen MR) is 75.0 cm³/mol. The van der Waals surface area contributed by atoms with Gasteiger partial charge in [-0.3, -0.25) is 10.1 Å². The van der Waals surface area contributed by atoms with Crippen molar-refractivity contribution in [1.82, 2.24) is 0 Å². The second-order valence-electron chi connectivity index (χ2n) is 4.72. The van der Waals surface area contributed by atoms with Gasteiger partial charge in [0.2, 0.25) is 0 Å². The molecule has 0 bridgehead atoms. The van der Waals surface area contributed by atoms with Gasteiger partial charge in [0.25, 0.3) is 5.69 Å². The van der Waals surface area contributed by atoms with Crippen molar-refractivity contribution in [2.75, 3.05) is 20.2 Å². The van der Waals surface area contributed by atoms with Crippen LogP contribution in [0.15, 0.2) is 24.3 Å². The number of methoxy groups -OCH3 is 1. The zero-order valence-electron chi connectivity index (χ0n) is 12.6. The molecule has 1 aliphatic heterocycles. The van der Waals surface area contributed by atoms with Crippen molar-refractivity contribution < 1.29 is 38.0 Å². The van der Waals surface area contributed by atoms with Gasteiger partial charge in [-0.2, -0.15) is 13.2 Å². The highest BCUT2D eigenvalue weighted by Gasteiger charge is 2.28. The molecule has 1 aromatic carbocycles. The van der Waals surface area contributed by atoms with Crippen LogP contribution < -0.4 is 15.2 Å². The van der Waals surface area contributed by atoms with Gasteiger partial charge in [-0.1, -0.05) is 0 Å². The number of carbonyl (C=O) groups excluding carboxylic acids is 1. The normalized spacial score (nSPS) is 14.1. The number of benzene rings is 1. The third-order valence-electron chi connectivity index (χ3n) is 3.12. The maximum absolute atomic E-state index is 10.7. The van der Waals surface area contributed by atoms with E-state index in [0.29, 0.717) is 5.75 Å². The quantitative estimate of drug-likeness (QED) is 0.622. The Morgan fingerprint density at radius 1 is 1.38 bits per heavy atom. The maximum Gasteiger partial charge on any atom is 0.430 e. The lowest BCUT2D eigenvalue weighted by Crippen LogP contribution is -2.84. The van der Waals surface area contributed by atoms with Crippen molar-refractivity contribution >= 4 is 17.2 Å². The molecule has 0 spiro atoms. The summed E-state index contributed by atoms with van der Waals surface area (Å²) in [5.41, 5.74) is 2.24. The number of nitrogens with two attached hydrogens (primary N) is 1. The van der Waals surface area contributed by atoms with E-state index in [9.17, 15) is 23.3 Å². The third-order valence-corrected chi connectivity index (χ3v) is 3.12. The van der Waals surface area contributed by atoms with Crippen LogP contribution >= 0.6 is 0 Å². The van der Waals surface area contributed by atoms with E-state index in [2.05, 4.69) is 11.4 Å². The summed E-state index contributed by atoms with van der Waals surface area (Å²) >= 11 is 0. The number of nitrogens with zero attached hydrogens (tertiary/aromatic N) is 1.